The van der Waals surface area contributed by atoms with Crippen LogP contribution in [-0.2, 0) is 13.2 Å². The predicted octanol–water partition coefficient (Wildman–Crippen LogP) is 2.09. The number of rotatable bonds is 4. The van der Waals surface area contributed by atoms with Crippen LogP contribution in [-0.4, -0.2) is 39.5 Å². The molecule has 0 spiro atoms. The van der Waals surface area contributed by atoms with Gasteiger partial charge >= 0.3 is 0 Å². The van der Waals surface area contributed by atoms with Gasteiger partial charge in [-0.2, -0.15) is 0 Å². The number of aryl methyl sites for hydroxylation is 1. The van der Waals surface area contributed by atoms with Crippen LogP contribution >= 0.6 is 0 Å². The van der Waals surface area contributed by atoms with Gasteiger partial charge in [0.05, 0.1) is 18.7 Å². The third-order valence-electron chi connectivity index (χ3n) is 4.08. The van der Waals surface area contributed by atoms with E-state index in [-0.39, 0.29) is 12.6 Å². The molecule has 7 nitrogen and oxygen atoms in total. The number of aliphatic hydroxyl groups is 1. The van der Waals surface area contributed by atoms with E-state index in [0.29, 0.717) is 24.7 Å². The molecule has 2 aromatic rings. The monoisotopic (exact) mass is 341 g/mol. The molecule has 0 bridgehead atoms. The minimum absolute atomic E-state index is 0.0257. The Kier molecular flexibility index (Phi) is 4.85. The number of imidazole rings is 1. The van der Waals surface area contributed by atoms with Gasteiger partial charge in [0, 0.05) is 12.2 Å². The lowest BCUT2D eigenvalue weighted by atomic mass is 10.0. The molecular formula is C18H23N5O2. The topological polar surface area (TPSA) is 95.5 Å². The van der Waals surface area contributed by atoms with Gasteiger partial charge in [-0.15, -0.1) is 0 Å². The number of benzene rings is 1. The number of ether oxygens (including phenoxy) is 1. The van der Waals surface area contributed by atoms with Crippen LogP contribution in [0.4, 0.5) is 0 Å². The SMILES string of the molecule is Cc1cc2c(cc1CO)-c1nc(/C(=N/C=N)NC(C)C)cn1CCO2. The Morgan fingerprint density at radius 2 is 2.32 bits per heavy atom. The molecule has 2 heterocycles. The second-order valence-corrected chi connectivity index (χ2v) is 6.33. The molecule has 0 aliphatic carbocycles. The Balaban J connectivity index is 2.11. The van der Waals surface area contributed by atoms with Crippen LogP contribution in [0.3, 0.4) is 0 Å². The van der Waals surface area contributed by atoms with E-state index in [1.165, 1.54) is 0 Å². The normalized spacial score (nSPS) is 13.7. The predicted molar refractivity (Wildman–Crippen MR) is 97.4 cm³/mol. The van der Waals surface area contributed by atoms with E-state index in [9.17, 15) is 5.11 Å². The Labute approximate surface area is 146 Å². The smallest absolute Gasteiger partial charge is 0.155 e. The van der Waals surface area contributed by atoms with Gasteiger partial charge in [0.1, 0.15) is 30.2 Å². The highest BCUT2D eigenvalue weighted by Gasteiger charge is 2.21. The summed E-state index contributed by atoms with van der Waals surface area (Å²) in [6.45, 7) is 7.17. The van der Waals surface area contributed by atoms with Gasteiger partial charge in [0.25, 0.3) is 0 Å². The molecule has 1 aliphatic heterocycles. The van der Waals surface area contributed by atoms with E-state index >= 15 is 0 Å². The van der Waals surface area contributed by atoms with Gasteiger partial charge in [-0.25, -0.2) is 9.98 Å². The van der Waals surface area contributed by atoms with Crippen LogP contribution in [0.2, 0.25) is 0 Å². The summed E-state index contributed by atoms with van der Waals surface area (Å²) in [4.78, 5) is 8.84. The fraction of sp³-hybridized carbons (Fsp3) is 0.389. The third-order valence-corrected chi connectivity index (χ3v) is 4.08. The highest BCUT2D eigenvalue weighted by molar-refractivity contribution is 6.01. The van der Waals surface area contributed by atoms with Crippen molar-refractivity contribution in [1.82, 2.24) is 14.9 Å². The maximum atomic E-state index is 9.58. The lowest BCUT2D eigenvalue weighted by Gasteiger charge is -2.11. The molecule has 3 N–H and O–H groups in total. The van der Waals surface area contributed by atoms with E-state index in [4.69, 9.17) is 15.1 Å². The molecule has 0 atom stereocenters. The van der Waals surface area contributed by atoms with Gasteiger partial charge in [-0.1, -0.05) is 0 Å². The van der Waals surface area contributed by atoms with Gasteiger partial charge in [0.2, 0.25) is 0 Å². The molecule has 1 aromatic heterocycles. The highest BCUT2D eigenvalue weighted by atomic mass is 16.5. The Hall–Kier alpha value is -2.67. The first kappa shape index (κ1) is 17.2. The zero-order chi connectivity index (χ0) is 18.0. The second kappa shape index (κ2) is 7.06. The van der Waals surface area contributed by atoms with Crippen LogP contribution in [0, 0.1) is 12.3 Å². The van der Waals surface area contributed by atoms with Gasteiger partial charge in [-0.05, 0) is 44.0 Å². The van der Waals surface area contributed by atoms with E-state index < -0.39 is 0 Å². The van der Waals surface area contributed by atoms with E-state index in [2.05, 4.69) is 10.3 Å². The lowest BCUT2D eigenvalue weighted by Crippen LogP contribution is -2.31. The van der Waals surface area contributed by atoms with Crippen LogP contribution < -0.4 is 10.1 Å². The summed E-state index contributed by atoms with van der Waals surface area (Å²) in [6, 6.07) is 4.06. The molecule has 0 radical (unpaired) electrons. The summed E-state index contributed by atoms with van der Waals surface area (Å²) in [7, 11) is 0. The molecule has 25 heavy (non-hydrogen) atoms. The number of hydrogen-bond donors (Lipinski definition) is 3. The van der Waals surface area contributed by atoms with Crippen molar-refractivity contribution in [3.63, 3.8) is 0 Å². The number of aromatic nitrogens is 2. The Bertz CT molecular complexity index is 823. The largest absolute Gasteiger partial charge is 0.491 e. The van der Waals surface area contributed by atoms with Crippen molar-refractivity contribution in [2.24, 2.45) is 4.99 Å². The van der Waals surface area contributed by atoms with Gasteiger partial charge < -0.3 is 19.7 Å². The molecule has 0 saturated heterocycles. The molecule has 3 rings (SSSR count). The molecule has 0 unspecified atom stereocenters. The number of aliphatic hydroxyl groups excluding tert-OH is 1. The first-order valence-corrected chi connectivity index (χ1v) is 8.32. The maximum Gasteiger partial charge on any atom is 0.155 e. The zero-order valence-corrected chi connectivity index (χ0v) is 14.7. The molecule has 1 aromatic carbocycles. The summed E-state index contributed by atoms with van der Waals surface area (Å²) in [5, 5.41) is 20.1. The summed E-state index contributed by atoms with van der Waals surface area (Å²) in [5.74, 6) is 2.12. The number of nitrogens with zero attached hydrogens (tertiary/aromatic N) is 3. The van der Waals surface area contributed by atoms with Gasteiger partial charge in [0.15, 0.2) is 5.84 Å². The quantitative estimate of drug-likeness (QED) is 0.586. The fourth-order valence-corrected chi connectivity index (χ4v) is 2.88. The van der Waals surface area contributed by atoms with Crippen molar-refractivity contribution >= 4 is 12.2 Å². The Morgan fingerprint density at radius 3 is 3.00 bits per heavy atom. The van der Waals surface area contributed by atoms with Crippen molar-refractivity contribution in [2.75, 3.05) is 6.61 Å². The highest BCUT2D eigenvalue weighted by Crippen LogP contribution is 2.34. The summed E-state index contributed by atoms with van der Waals surface area (Å²) in [6.07, 6.45) is 2.93. The summed E-state index contributed by atoms with van der Waals surface area (Å²) >= 11 is 0. The standard InChI is InChI=1S/C18H23N5O2/c1-11(2)21-17(20-10-19)15-8-23-4-5-25-16-6-12(3)13(9-24)7-14(16)18(23)22-15/h6-8,10-11,24H,4-5,9H2,1-3H3,(H2,19,20,21). The van der Waals surface area contributed by atoms with Crippen molar-refractivity contribution in [2.45, 2.75) is 40.0 Å². The zero-order valence-electron chi connectivity index (χ0n) is 14.7. The van der Waals surface area contributed by atoms with Gasteiger partial charge in [-0.3, -0.25) is 5.41 Å². The molecule has 0 fully saturated rings. The lowest BCUT2D eigenvalue weighted by molar-refractivity contribution is 0.280. The van der Waals surface area contributed by atoms with Crippen LogP contribution in [0.5, 0.6) is 5.75 Å². The molecule has 7 heteroatoms. The number of aliphatic imine (C=N–C) groups is 1. The summed E-state index contributed by atoms with van der Waals surface area (Å²) in [5.41, 5.74) is 3.39. The van der Waals surface area contributed by atoms with E-state index in [1.807, 2.05) is 43.7 Å². The van der Waals surface area contributed by atoms with Crippen LogP contribution in [0.1, 0.15) is 30.7 Å². The van der Waals surface area contributed by atoms with E-state index in [0.717, 1.165) is 34.6 Å². The number of hydrogen-bond acceptors (Lipinski definition) is 4. The molecular weight excluding hydrogens is 318 g/mol. The molecule has 0 saturated carbocycles. The van der Waals surface area contributed by atoms with Crippen molar-refractivity contribution in [3.8, 4) is 17.1 Å². The molecule has 132 valence electrons. The second-order valence-electron chi connectivity index (χ2n) is 6.33. The third kappa shape index (κ3) is 3.41. The average molecular weight is 341 g/mol. The minimum atomic E-state index is -0.0257. The van der Waals surface area contributed by atoms with Crippen molar-refractivity contribution in [3.05, 3.63) is 35.2 Å². The average Bonchev–Trinajstić information content (AvgIpc) is 2.91. The summed E-state index contributed by atoms with van der Waals surface area (Å²) < 4.78 is 7.88. The van der Waals surface area contributed by atoms with Crippen molar-refractivity contribution in [1.29, 1.82) is 5.41 Å². The van der Waals surface area contributed by atoms with Crippen LogP contribution in [0.25, 0.3) is 11.4 Å². The number of amidine groups is 1. The number of nitrogens with one attached hydrogen (secondary N) is 2. The van der Waals surface area contributed by atoms with E-state index in [1.54, 1.807) is 0 Å². The first-order valence-electron chi connectivity index (χ1n) is 8.32. The minimum Gasteiger partial charge on any atom is -0.491 e. The number of fused-ring (bicyclic) bond motifs is 3. The fourth-order valence-electron chi connectivity index (χ4n) is 2.88. The van der Waals surface area contributed by atoms with Crippen LogP contribution in [0.15, 0.2) is 23.3 Å². The van der Waals surface area contributed by atoms with Crippen molar-refractivity contribution < 1.29 is 9.84 Å². The Morgan fingerprint density at radius 1 is 1.52 bits per heavy atom. The molecule has 1 aliphatic rings. The molecule has 0 amide bonds. The maximum absolute atomic E-state index is 9.58. The first-order chi connectivity index (χ1) is 12.0.